The van der Waals surface area contributed by atoms with E-state index >= 15 is 0 Å². The van der Waals surface area contributed by atoms with Gasteiger partial charge in [0.2, 0.25) is 0 Å². The Balaban J connectivity index is 1.59. The summed E-state index contributed by atoms with van der Waals surface area (Å²) in [5, 5.41) is 28.2. The SMILES string of the molecule is COCCON(c1ccc(-c2ccc(-c3cn[nH]c3)cc2O)nn1)C1CCN(C)C(C)(C)C1C. The van der Waals surface area contributed by atoms with Gasteiger partial charge in [0.15, 0.2) is 5.82 Å². The molecular weight excluding hydrogens is 432 g/mol. The Kier molecular flexibility index (Phi) is 7.16. The van der Waals surface area contributed by atoms with Gasteiger partial charge in [0, 0.05) is 36.5 Å². The molecule has 1 aromatic carbocycles. The van der Waals surface area contributed by atoms with Gasteiger partial charge in [-0.15, -0.1) is 10.2 Å². The number of ether oxygens (including phenoxy) is 1. The van der Waals surface area contributed by atoms with E-state index in [9.17, 15) is 5.11 Å². The highest BCUT2D eigenvalue weighted by Gasteiger charge is 2.43. The maximum absolute atomic E-state index is 10.6. The van der Waals surface area contributed by atoms with Crippen LogP contribution in [0.4, 0.5) is 5.82 Å². The third-order valence-electron chi connectivity index (χ3n) is 7.24. The minimum absolute atomic E-state index is 0.0156. The molecule has 1 aliphatic rings. The minimum atomic E-state index is 0.0156. The van der Waals surface area contributed by atoms with Crippen LogP contribution in [0.3, 0.4) is 0 Å². The summed E-state index contributed by atoms with van der Waals surface area (Å²) in [6.45, 7) is 8.67. The number of aromatic amines is 1. The van der Waals surface area contributed by atoms with Crippen LogP contribution in [0.1, 0.15) is 27.2 Å². The van der Waals surface area contributed by atoms with Gasteiger partial charge in [0.25, 0.3) is 0 Å². The number of aromatic nitrogens is 4. The lowest BCUT2D eigenvalue weighted by Gasteiger charge is -2.51. The molecule has 3 aromatic rings. The summed E-state index contributed by atoms with van der Waals surface area (Å²) in [5.74, 6) is 1.11. The highest BCUT2D eigenvalue weighted by Crippen LogP contribution is 2.37. The second kappa shape index (κ2) is 10.1. The fourth-order valence-corrected chi connectivity index (χ4v) is 4.48. The number of nitrogens with zero attached hydrogens (tertiary/aromatic N) is 5. The van der Waals surface area contributed by atoms with E-state index in [1.807, 2.05) is 29.3 Å². The highest BCUT2D eigenvalue weighted by atomic mass is 16.7. The van der Waals surface area contributed by atoms with Gasteiger partial charge < -0.3 is 14.7 Å². The Morgan fingerprint density at radius 2 is 2.00 bits per heavy atom. The van der Waals surface area contributed by atoms with Crippen molar-refractivity contribution in [2.24, 2.45) is 5.92 Å². The number of nitrogens with one attached hydrogen (secondary N) is 1. The molecule has 3 heterocycles. The molecule has 1 saturated heterocycles. The topological polar surface area (TPSA) is 99.6 Å². The lowest BCUT2D eigenvalue weighted by atomic mass is 9.77. The molecule has 1 aliphatic heterocycles. The van der Waals surface area contributed by atoms with Gasteiger partial charge in [-0.3, -0.25) is 9.94 Å². The lowest BCUT2D eigenvalue weighted by Crippen LogP contribution is -2.60. The largest absolute Gasteiger partial charge is 0.507 e. The molecule has 0 radical (unpaired) electrons. The molecule has 9 heteroatoms. The molecule has 4 rings (SSSR count). The van der Waals surface area contributed by atoms with Crippen molar-refractivity contribution in [3.63, 3.8) is 0 Å². The van der Waals surface area contributed by atoms with Crippen molar-refractivity contribution in [3.8, 4) is 28.1 Å². The number of likely N-dealkylation sites (tertiary alicyclic amines) is 1. The summed E-state index contributed by atoms with van der Waals surface area (Å²) in [6.07, 6.45) is 4.45. The number of piperidine rings is 1. The van der Waals surface area contributed by atoms with Gasteiger partial charge in [0.1, 0.15) is 5.75 Å². The van der Waals surface area contributed by atoms with Crippen molar-refractivity contribution >= 4 is 5.82 Å². The molecule has 0 bridgehead atoms. The van der Waals surface area contributed by atoms with Crippen LogP contribution in [-0.2, 0) is 9.57 Å². The number of phenols is 1. The number of rotatable bonds is 8. The fourth-order valence-electron chi connectivity index (χ4n) is 4.48. The number of phenolic OH excluding ortho intramolecular Hbond substituents is 1. The van der Waals surface area contributed by atoms with Crippen molar-refractivity contribution in [3.05, 3.63) is 42.7 Å². The van der Waals surface area contributed by atoms with E-state index in [0.29, 0.717) is 36.2 Å². The molecule has 0 saturated carbocycles. The molecule has 9 nitrogen and oxygen atoms in total. The molecule has 1 fully saturated rings. The Bertz CT molecular complexity index is 1070. The Morgan fingerprint density at radius 3 is 2.65 bits per heavy atom. The van der Waals surface area contributed by atoms with Crippen LogP contribution >= 0.6 is 0 Å². The molecule has 34 heavy (non-hydrogen) atoms. The summed E-state index contributed by atoms with van der Waals surface area (Å²) in [6, 6.07) is 9.39. The first kappa shape index (κ1) is 24.1. The number of benzene rings is 1. The van der Waals surface area contributed by atoms with Gasteiger partial charge in [-0.05, 0) is 63.1 Å². The lowest BCUT2D eigenvalue weighted by molar-refractivity contribution is -0.0214. The number of hydroxylamine groups is 1. The van der Waals surface area contributed by atoms with Gasteiger partial charge in [-0.25, -0.2) is 5.06 Å². The Hall–Kier alpha value is -3.01. The summed E-state index contributed by atoms with van der Waals surface area (Å²) < 4.78 is 5.20. The number of aromatic hydroxyl groups is 1. The van der Waals surface area contributed by atoms with Gasteiger partial charge >= 0.3 is 0 Å². The number of anilines is 1. The summed E-state index contributed by atoms with van der Waals surface area (Å²) in [5.41, 5.74) is 3.00. The van der Waals surface area contributed by atoms with Crippen molar-refractivity contribution < 1.29 is 14.7 Å². The molecule has 0 aliphatic carbocycles. The zero-order valence-corrected chi connectivity index (χ0v) is 20.5. The van der Waals surface area contributed by atoms with Crippen LogP contribution in [-0.4, -0.2) is 75.9 Å². The molecule has 2 atom stereocenters. The molecule has 2 N–H and O–H groups in total. The van der Waals surface area contributed by atoms with Crippen LogP contribution in [0.5, 0.6) is 5.75 Å². The summed E-state index contributed by atoms with van der Waals surface area (Å²) in [4.78, 5) is 8.56. The molecule has 0 amide bonds. The zero-order valence-electron chi connectivity index (χ0n) is 20.5. The second-order valence-electron chi connectivity index (χ2n) is 9.37. The highest BCUT2D eigenvalue weighted by molar-refractivity contribution is 5.73. The van der Waals surface area contributed by atoms with Crippen molar-refractivity contribution in [1.82, 2.24) is 25.3 Å². The van der Waals surface area contributed by atoms with E-state index in [0.717, 1.165) is 24.1 Å². The average Bonchev–Trinajstić information content (AvgIpc) is 3.37. The smallest absolute Gasteiger partial charge is 0.175 e. The van der Waals surface area contributed by atoms with Crippen LogP contribution in [0, 0.1) is 5.92 Å². The quantitative estimate of drug-likeness (QED) is 0.383. The average molecular weight is 467 g/mol. The molecule has 182 valence electrons. The number of methoxy groups -OCH3 is 1. The fraction of sp³-hybridized carbons (Fsp3) is 0.480. The van der Waals surface area contributed by atoms with Crippen LogP contribution in [0.25, 0.3) is 22.4 Å². The predicted octanol–water partition coefficient (Wildman–Crippen LogP) is 3.74. The molecular formula is C25H34N6O3. The monoisotopic (exact) mass is 466 g/mol. The number of hydrogen-bond donors (Lipinski definition) is 2. The Labute approximate surface area is 200 Å². The van der Waals surface area contributed by atoms with Crippen LogP contribution in [0.2, 0.25) is 0 Å². The summed E-state index contributed by atoms with van der Waals surface area (Å²) >= 11 is 0. The van der Waals surface area contributed by atoms with Gasteiger partial charge in [-0.1, -0.05) is 13.0 Å². The molecule has 2 aromatic heterocycles. The summed E-state index contributed by atoms with van der Waals surface area (Å²) in [7, 11) is 3.83. The van der Waals surface area contributed by atoms with Crippen LogP contribution in [0.15, 0.2) is 42.7 Å². The van der Waals surface area contributed by atoms with Crippen molar-refractivity contribution in [2.75, 3.05) is 39.0 Å². The first-order valence-electron chi connectivity index (χ1n) is 11.6. The second-order valence-corrected chi connectivity index (χ2v) is 9.37. The van der Waals surface area contributed by atoms with E-state index in [1.54, 1.807) is 25.6 Å². The first-order valence-corrected chi connectivity index (χ1v) is 11.6. The van der Waals surface area contributed by atoms with E-state index in [2.05, 4.69) is 53.1 Å². The molecule has 0 spiro atoms. The predicted molar refractivity (Wildman–Crippen MR) is 131 cm³/mol. The minimum Gasteiger partial charge on any atom is -0.507 e. The van der Waals surface area contributed by atoms with Crippen molar-refractivity contribution in [2.45, 2.75) is 38.8 Å². The van der Waals surface area contributed by atoms with Gasteiger partial charge in [0.05, 0.1) is 31.1 Å². The van der Waals surface area contributed by atoms with E-state index in [1.165, 1.54) is 0 Å². The van der Waals surface area contributed by atoms with Crippen LogP contribution < -0.4 is 5.06 Å². The maximum atomic E-state index is 10.6. The van der Waals surface area contributed by atoms with E-state index < -0.39 is 0 Å². The van der Waals surface area contributed by atoms with Gasteiger partial charge in [-0.2, -0.15) is 5.10 Å². The standard InChI is InChI=1S/C25H34N6O3/c1-17-22(10-11-30(4)25(17,2)3)31(34-13-12-33-5)24-9-8-21(28-29-24)20-7-6-18(14-23(20)32)19-15-26-27-16-19/h6-9,14-17,22,32H,10-13H2,1-5H3,(H,26,27). The third-order valence-corrected chi connectivity index (χ3v) is 7.24. The normalized spacial score (nSPS) is 20.4. The number of H-pyrrole nitrogens is 1. The number of hydrogen-bond acceptors (Lipinski definition) is 8. The first-order chi connectivity index (χ1) is 16.3. The van der Waals surface area contributed by atoms with E-state index in [4.69, 9.17) is 9.57 Å². The third kappa shape index (κ3) is 4.77. The Morgan fingerprint density at radius 1 is 1.18 bits per heavy atom. The zero-order chi connectivity index (χ0) is 24.3. The van der Waals surface area contributed by atoms with E-state index in [-0.39, 0.29) is 17.3 Å². The maximum Gasteiger partial charge on any atom is 0.175 e. The van der Waals surface area contributed by atoms with Crippen molar-refractivity contribution in [1.29, 1.82) is 0 Å². The molecule has 2 unspecified atom stereocenters.